The van der Waals surface area contributed by atoms with Gasteiger partial charge in [-0.25, -0.2) is 0 Å². The molecule has 0 aliphatic carbocycles. The Bertz CT molecular complexity index is 3420. The van der Waals surface area contributed by atoms with Crippen LogP contribution in [-0.4, -0.2) is 529 Å². The summed E-state index contributed by atoms with van der Waals surface area (Å²) < 4.78 is 114. The number of ether oxygens (including phenoxy) is 19. The van der Waals surface area contributed by atoms with Gasteiger partial charge in [0.1, 0.15) is 238 Å². The first-order chi connectivity index (χ1) is 59.1. The van der Waals surface area contributed by atoms with Gasteiger partial charge in [0.25, 0.3) is 0 Å². The number of amides is 5. The van der Waals surface area contributed by atoms with Crippen molar-refractivity contribution in [3.8, 4) is 0 Å². The van der Waals surface area contributed by atoms with Gasteiger partial charge in [-0.1, -0.05) is 0 Å². The molecule has 50 atom stereocenters. The SMILES string of the molecule is CC(=O)N[C@H]1[C@H](O[C@H]2[C@H](O)[C@@H](NC(C)=O)C(O)O[C@@H]2CO[C@@H]2O[C@@H](C)[C@@H](O)[C@@H](O)[C@@H]2O)O[C@H](CO)[C@@H](O[C@@H]2O[C@H](CO[C@H]3O[C@H](CO)[C@@H](O)[C@H](O)[C@@H]3O[C@@H]3O[C@H](CO)[C@@H](O[C@@H]4O[C@H](CO)[C@H](O)[C@H](O)[C@H]4NC(C)=O)[C@H](O)[C@H]3NC(C)=O)[C@@H](O)[C@H](O[C@H]3O[C@H](CO)[C@@H](O)[C@H](O)[C@@H]3O[C@@H]3O[C@H](CO)[C@@H](O[C@@H]4O[C@H](CO)[C@H](O)[C@H](O)[C@H]4O)[C@H](O)[C@H]3NC(C)=O)[C@@H]2O)[C@@H]1O. The van der Waals surface area contributed by atoms with Crippen LogP contribution in [0, 0.1) is 0 Å². The fourth-order valence-corrected chi connectivity index (χ4v) is 16.2. The Balaban J connectivity index is 0.987. The van der Waals surface area contributed by atoms with Gasteiger partial charge in [-0.15, -0.1) is 0 Å². The summed E-state index contributed by atoms with van der Waals surface area (Å²) in [5.41, 5.74) is 0. The number of aliphatic hydroxyl groups excluding tert-OH is 26. The van der Waals surface area contributed by atoms with Crippen LogP contribution >= 0.6 is 0 Å². The molecule has 0 bridgehead atoms. The zero-order chi connectivity index (χ0) is 92.1. The number of nitrogens with one attached hydrogen (secondary N) is 5. The molecule has 722 valence electrons. The lowest BCUT2D eigenvalue weighted by molar-refractivity contribution is -0.399. The van der Waals surface area contributed by atoms with Gasteiger partial charge in [-0.3, -0.25) is 24.0 Å². The predicted molar refractivity (Wildman–Crippen MR) is 386 cm³/mol. The lowest BCUT2D eigenvalue weighted by atomic mass is 9.93. The first-order valence-electron chi connectivity index (χ1n) is 40.0. The minimum absolute atomic E-state index is 0.810. The normalized spacial score (nSPS) is 48.7. The van der Waals surface area contributed by atoms with Gasteiger partial charge in [0, 0.05) is 34.6 Å². The highest BCUT2D eigenvalue weighted by atomic mass is 16.8. The Morgan fingerprint density at radius 1 is 0.224 bits per heavy atom. The average Bonchev–Trinajstić information content (AvgIpc) is 0.767. The van der Waals surface area contributed by atoms with Crippen LogP contribution in [0.5, 0.6) is 0 Å². The third-order valence-corrected chi connectivity index (χ3v) is 22.8. The number of aliphatic hydroxyl groups is 26. The van der Waals surface area contributed by atoms with Crippen LogP contribution in [0.2, 0.25) is 0 Å². The molecule has 5 amide bonds. The molecular formula is C70H117N5O50. The number of carbonyl (C=O) groups is 5. The molecule has 125 heavy (non-hydrogen) atoms. The Labute approximate surface area is 708 Å². The molecule has 0 aromatic rings. The van der Waals surface area contributed by atoms with E-state index in [9.17, 15) is 157 Å². The minimum atomic E-state index is -2.63. The van der Waals surface area contributed by atoms with Gasteiger partial charge in [-0.2, -0.15) is 0 Å². The van der Waals surface area contributed by atoms with Crippen molar-refractivity contribution < 1.29 is 247 Å². The monoisotopic (exact) mass is 1830 g/mol. The summed E-state index contributed by atoms with van der Waals surface area (Å²) in [4.78, 5) is 64.2. The second kappa shape index (κ2) is 44.9. The smallest absolute Gasteiger partial charge is 0.217 e. The highest BCUT2D eigenvalue weighted by molar-refractivity contribution is 5.75. The summed E-state index contributed by atoms with van der Waals surface area (Å²) >= 11 is 0. The Kier molecular flexibility index (Phi) is 36.8. The van der Waals surface area contributed by atoms with Gasteiger partial charge >= 0.3 is 0 Å². The summed E-state index contributed by atoms with van der Waals surface area (Å²) in [6, 6.07) is -9.38. The third-order valence-electron chi connectivity index (χ3n) is 22.8. The van der Waals surface area contributed by atoms with E-state index in [0.717, 1.165) is 34.6 Å². The summed E-state index contributed by atoms with van der Waals surface area (Å²) in [7, 11) is 0. The number of carbonyl (C=O) groups excluding carboxylic acids is 5. The number of rotatable bonds is 32. The highest BCUT2D eigenvalue weighted by Crippen LogP contribution is 2.41. The maximum absolute atomic E-state index is 13.3. The van der Waals surface area contributed by atoms with Crippen molar-refractivity contribution in [2.75, 3.05) is 59.5 Å². The van der Waals surface area contributed by atoms with E-state index in [2.05, 4.69) is 26.6 Å². The molecular weight excluding hydrogens is 1710 g/mol. The molecule has 10 heterocycles. The standard InChI is InChI=1S/C70H117N5O50/c1-16-36(88)47(99)51(103)66(109-16)107-15-30-57(43(95)31(61(106)110-30)71-17(2)83)120-63-33(73-19(4)85)45(97)56(28(13-82)115-63)122-68-53(105)58(123-70-60(50(102)40(92)25(10-79)114-70)125-65-35(75-21(6)87)46(98)55(27(12-81)117-65)121-67-52(104)48(100)38(90)23(8-77)112-67)41(93)29(118-68)14-108-69-59(49(101)39(91)24(9-78)113-69)124-64-34(74-20(5)86)44(96)54(26(11-80)116-64)119-62-32(72-18(3)84)42(94)37(89)22(7-76)111-62/h16,22-70,76-82,88-106H,7-15H2,1-6H3,(H,71,83)(H,72,84)(H,73,85)(H,74,86)(H,75,87)/t16-,22+,23+,24+,25+,26+,27+,28+,29+,30+,31+,32+,33+,34+,35+,36+,37-,38-,39+,40+,41+,42+,43+,44+,45+,46+,47+,48-,49-,50-,51-,52+,53-,54+,55+,56+,57+,58-,59-,60-,61?,62-,63-,64-,65-,66+,67-,68-,69-,70+/m0/s1. The summed E-state index contributed by atoms with van der Waals surface area (Å²) in [6.07, 6.45) is -93.1. The third kappa shape index (κ3) is 23.1. The molecule has 10 aliphatic heterocycles. The van der Waals surface area contributed by atoms with Crippen LogP contribution in [-0.2, 0) is 114 Å². The summed E-state index contributed by atoms with van der Waals surface area (Å²) in [6.45, 7) is -3.85. The largest absolute Gasteiger partial charge is 0.394 e. The van der Waals surface area contributed by atoms with Gasteiger partial charge in [0.05, 0.1) is 65.6 Å². The van der Waals surface area contributed by atoms with Crippen molar-refractivity contribution in [1.82, 2.24) is 26.6 Å². The summed E-state index contributed by atoms with van der Waals surface area (Å²) in [5, 5.41) is 304. The molecule has 55 heteroatoms. The zero-order valence-electron chi connectivity index (χ0n) is 67.7. The molecule has 31 N–H and O–H groups in total. The van der Waals surface area contributed by atoms with E-state index in [1.54, 1.807) is 0 Å². The van der Waals surface area contributed by atoms with E-state index < -0.39 is 396 Å². The zero-order valence-corrected chi connectivity index (χ0v) is 67.7. The molecule has 0 saturated carbocycles. The van der Waals surface area contributed by atoms with Crippen molar-refractivity contribution in [3.63, 3.8) is 0 Å². The topological polar surface area (TPSA) is 847 Å². The second-order valence-electron chi connectivity index (χ2n) is 31.7. The van der Waals surface area contributed by atoms with E-state index in [1.165, 1.54) is 6.92 Å². The van der Waals surface area contributed by atoms with Crippen molar-refractivity contribution in [2.45, 2.75) is 348 Å². The molecule has 55 nitrogen and oxygen atoms in total. The maximum Gasteiger partial charge on any atom is 0.217 e. The van der Waals surface area contributed by atoms with Crippen molar-refractivity contribution in [2.24, 2.45) is 0 Å². The Morgan fingerprint density at radius 2 is 0.496 bits per heavy atom. The quantitative estimate of drug-likeness (QED) is 0.0297. The van der Waals surface area contributed by atoms with Crippen LogP contribution in [0.1, 0.15) is 41.5 Å². The molecule has 0 spiro atoms. The molecule has 10 aliphatic rings. The van der Waals surface area contributed by atoms with E-state index in [4.69, 9.17) is 90.0 Å². The van der Waals surface area contributed by atoms with Gasteiger partial charge in [0.15, 0.2) is 62.9 Å². The van der Waals surface area contributed by atoms with Crippen LogP contribution in [0.25, 0.3) is 0 Å². The van der Waals surface area contributed by atoms with E-state index in [0.29, 0.717) is 0 Å². The predicted octanol–water partition coefficient (Wildman–Crippen LogP) is -21.1. The van der Waals surface area contributed by atoms with Crippen LogP contribution in [0.3, 0.4) is 0 Å². The first kappa shape index (κ1) is 103. The molecule has 10 fully saturated rings. The lowest BCUT2D eigenvalue weighted by Gasteiger charge is -2.51. The highest BCUT2D eigenvalue weighted by Gasteiger charge is 2.62. The van der Waals surface area contributed by atoms with Gasteiger partial charge < -0.3 is 249 Å². The van der Waals surface area contributed by atoms with Crippen molar-refractivity contribution in [3.05, 3.63) is 0 Å². The van der Waals surface area contributed by atoms with Crippen molar-refractivity contribution >= 4 is 29.5 Å². The van der Waals surface area contributed by atoms with E-state index in [1.807, 2.05) is 0 Å². The maximum atomic E-state index is 13.3. The number of hydrogen-bond donors (Lipinski definition) is 31. The van der Waals surface area contributed by atoms with Crippen LogP contribution in [0.15, 0.2) is 0 Å². The molecule has 0 aromatic heterocycles. The molecule has 10 saturated heterocycles. The first-order valence-corrected chi connectivity index (χ1v) is 40.0. The minimum Gasteiger partial charge on any atom is -0.394 e. The van der Waals surface area contributed by atoms with Crippen molar-refractivity contribution in [1.29, 1.82) is 0 Å². The van der Waals surface area contributed by atoms with Gasteiger partial charge in [0.2, 0.25) is 29.5 Å². The van der Waals surface area contributed by atoms with Crippen LogP contribution < -0.4 is 26.6 Å². The fourth-order valence-electron chi connectivity index (χ4n) is 16.2. The average molecular weight is 1830 g/mol. The lowest BCUT2D eigenvalue weighted by Crippen LogP contribution is -2.71. The molecule has 1 unspecified atom stereocenters. The second-order valence-corrected chi connectivity index (χ2v) is 31.7. The van der Waals surface area contributed by atoms with Crippen LogP contribution in [0.4, 0.5) is 0 Å². The van der Waals surface area contributed by atoms with Gasteiger partial charge in [-0.05, 0) is 6.92 Å². The van der Waals surface area contributed by atoms with E-state index in [-0.39, 0.29) is 0 Å². The van der Waals surface area contributed by atoms with E-state index >= 15 is 0 Å². The fraction of sp³-hybridized carbons (Fsp3) is 0.929. The molecule has 10 rings (SSSR count). The Hall–Kier alpha value is -4.45. The Morgan fingerprint density at radius 3 is 0.912 bits per heavy atom. The number of hydrogen-bond acceptors (Lipinski definition) is 50. The molecule has 0 radical (unpaired) electrons. The molecule has 0 aromatic carbocycles. The summed E-state index contributed by atoms with van der Waals surface area (Å²) in [5.74, 6) is -4.58.